The van der Waals surface area contributed by atoms with Crippen LogP contribution in [0.3, 0.4) is 0 Å². The van der Waals surface area contributed by atoms with Gasteiger partial charge in [0.25, 0.3) is 5.91 Å². The highest BCUT2D eigenvalue weighted by Crippen LogP contribution is 2.22. The molecule has 1 fully saturated rings. The molecule has 35 heavy (non-hydrogen) atoms. The van der Waals surface area contributed by atoms with Gasteiger partial charge in [0, 0.05) is 33.1 Å². The Morgan fingerprint density at radius 2 is 1.46 bits per heavy atom. The second kappa shape index (κ2) is 10.0. The van der Waals surface area contributed by atoms with Gasteiger partial charge < -0.3 is 15.2 Å². The lowest BCUT2D eigenvalue weighted by atomic mass is 9.91. The number of nitrogens with zero attached hydrogens (tertiary/aromatic N) is 3. The van der Waals surface area contributed by atoms with E-state index < -0.39 is 5.91 Å². The smallest absolute Gasteiger partial charge is 0.316 e. The molecule has 178 valence electrons. The summed E-state index contributed by atoms with van der Waals surface area (Å²) in [5.41, 5.74) is 1.79. The highest BCUT2D eigenvalue weighted by atomic mass is 35.5. The molecule has 1 aliphatic carbocycles. The molecule has 0 unspecified atom stereocenters. The largest absolute Gasteiger partial charge is 0.348 e. The van der Waals surface area contributed by atoms with E-state index in [0.29, 0.717) is 32.6 Å². The molecule has 10 heteroatoms. The Morgan fingerprint density at radius 3 is 2.17 bits per heavy atom. The van der Waals surface area contributed by atoms with Crippen LogP contribution in [0.4, 0.5) is 0 Å². The number of hydrogen-bond donors (Lipinski definition) is 2. The van der Waals surface area contributed by atoms with Crippen molar-refractivity contribution in [2.75, 3.05) is 0 Å². The molecule has 0 aliphatic heterocycles. The van der Waals surface area contributed by atoms with Gasteiger partial charge in [-0.3, -0.25) is 9.59 Å². The summed E-state index contributed by atoms with van der Waals surface area (Å²) in [7, 11) is 0. The summed E-state index contributed by atoms with van der Waals surface area (Å²) < 4.78 is 5.13. The van der Waals surface area contributed by atoms with Crippen molar-refractivity contribution < 1.29 is 14.1 Å². The average molecular weight is 510 g/mol. The molecule has 0 spiro atoms. The third kappa shape index (κ3) is 5.44. The van der Waals surface area contributed by atoms with E-state index in [1.165, 1.54) is 0 Å². The number of halogens is 2. The number of nitrogens with one attached hydrogen (secondary N) is 2. The summed E-state index contributed by atoms with van der Waals surface area (Å²) in [5, 5.41) is 12.0. The van der Waals surface area contributed by atoms with E-state index >= 15 is 0 Å². The molecule has 1 saturated carbocycles. The summed E-state index contributed by atoms with van der Waals surface area (Å²) in [4.78, 5) is 33.9. The molecule has 2 heterocycles. The van der Waals surface area contributed by atoms with Crippen LogP contribution in [-0.4, -0.2) is 39.0 Å². The SMILES string of the molecule is O=C(N[C@H]1CC[C@H](NC(=O)c2nc(-c3ccc(Cl)cc3)no2)CC1)c1ccc2cc(Cl)ccc2n1. The van der Waals surface area contributed by atoms with Crippen LogP contribution >= 0.6 is 23.2 Å². The van der Waals surface area contributed by atoms with Crippen molar-refractivity contribution in [3.05, 3.63) is 76.2 Å². The van der Waals surface area contributed by atoms with Gasteiger partial charge in [-0.15, -0.1) is 0 Å². The Morgan fingerprint density at radius 1 is 0.800 bits per heavy atom. The van der Waals surface area contributed by atoms with Gasteiger partial charge in [-0.05, 0) is 74.2 Å². The van der Waals surface area contributed by atoms with Crippen molar-refractivity contribution >= 4 is 45.9 Å². The molecular weight excluding hydrogens is 489 g/mol. The molecule has 0 bridgehead atoms. The minimum Gasteiger partial charge on any atom is -0.348 e. The van der Waals surface area contributed by atoms with Gasteiger partial charge in [-0.1, -0.05) is 34.4 Å². The van der Waals surface area contributed by atoms with Crippen LogP contribution in [-0.2, 0) is 0 Å². The molecule has 1 aliphatic rings. The molecule has 5 rings (SSSR count). The maximum Gasteiger partial charge on any atom is 0.316 e. The maximum atomic E-state index is 12.7. The van der Waals surface area contributed by atoms with Gasteiger partial charge in [0.05, 0.1) is 5.52 Å². The molecule has 4 aromatic rings. The first-order chi connectivity index (χ1) is 16.9. The molecule has 0 atom stereocenters. The predicted octanol–water partition coefficient (Wildman–Crippen LogP) is 5.06. The van der Waals surface area contributed by atoms with E-state index in [2.05, 4.69) is 25.8 Å². The number of carbonyl (C=O) groups excluding carboxylic acids is 2. The van der Waals surface area contributed by atoms with E-state index in [1.54, 1.807) is 42.5 Å². The lowest BCUT2D eigenvalue weighted by Gasteiger charge is -2.29. The Hall–Kier alpha value is -3.49. The molecule has 2 amide bonds. The molecule has 2 aromatic heterocycles. The zero-order chi connectivity index (χ0) is 24.4. The molecule has 8 nitrogen and oxygen atoms in total. The average Bonchev–Trinajstić information content (AvgIpc) is 3.36. The van der Waals surface area contributed by atoms with Gasteiger partial charge in [-0.2, -0.15) is 4.98 Å². The summed E-state index contributed by atoms with van der Waals surface area (Å²) >= 11 is 11.9. The van der Waals surface area contributed by atoms with Gasteiger partial charge >= 0.3 is 11.8 Å². The molecular formula is C25H21Cl2N5O3. The summed E-state index contributed by atoms with van der Waals surface area (Å²) in [5.74, 6) is -0.390. The first-order valence-corrected chi connectivity index (χ1v) is 12.0. The first-order valence-electron chi connectivity index (χ1n) is 11.2. The fourth-order valence-corrected chi connectivity index (χ4v) is 4.45. The molecule has 0 saturated heterocycles. The lowest BCUT2D eigenvalue weighted by Crippen LogP contribution is -2.44. The molecule has 0 radical (unpaired) electrons. The van der Waals surface area contributed by atoms with E-state index in [9.17, 15) is 9.59 Å². The van der Waals surface area contributed by atoms with Crippen LogP contribution in [0, 0.1) is 0 Å². The fourth-order valence-electron chi connectivity index (χ4n) is 4.14. The van der Waals surface area contributed by atoms with E-state index in [0.717, 1.165) is 31.1 Å². The number of amides is 2. The highest BCUT2D eigenvalue weighted by Gasteiger charge is 2.26. The summed E-state index contributed by atoms with van der Waals surface area (Å²) in [6.45, 7) is 0. The Kier molecular flexibility index (Phi) is 6.66. The van der Waals surface area contributed by atoms with Crippen LogP contribution in [0.25, 0.3) is 22.3 Å². The molecule has 2 N–H and O–H groups in total. The number of rotatable bonds is 5. The first kappa shape index (κ1) is 23.3. The van der Waals surface area contributed by atoms with Crippen LogP contribution in [0.2, 0.25) is 10.0 Å². The number of pyridine rings is 1. The topological polar surface area (TPSA) is 110 Å². The molecule has 2 aromatic carbocycles. The zero-order valence-electron chi connectivity index (χ0n) is 18.5. The maximum absolute atomic E-state index is 12.7. The summed E-state index contributed by atoms with van der Waals surface area (Å²) in [6.07, 6.45) is 2.91. The third-order valence-electron chi connectivity index (χ3n) is 6.00. The van der Waals surface area contributed by atoms with E-state index in [4.69, 9.17) is 27.7 Å². The van der Waals surface area contributed by atoms with Gasteiger partial charge in [0.1, 0.15) is 5.69 Å². The minimum absolute atomic E-state index is 0.0123. The number of carbonyl (C=O) groups is 2. The Balaban J connectivity index is 1.13. The van der Waals surface area contributed by atoms with Crippen molar-refractivity contribution in [1.82, 2.24) is 25.8 Å². The fraction of sp³-hybridized carbons (Fsp3) is 0.240. The van der Waals surface area contributed by atoms with Crippen LogP contribution < -0.4 is 10.6 Å². The quantitative estimate of drug-likeness (QED) is 0.388. The standard InChI is InChI=1S/C25H21Cl2N5O3/c26-16-4-1-14(2-5-16)22-31-25(35-32-22)24(34)29-19-9-7-18(8-10-19)28-23(33)21-11-3-15-13-17(27)6-12-20(15)30-21/h1-6,11-13,18-19H,7-10H2,(H,28,33)(H,29,34)/t18-,19-. The minimum atomic E-state index is -0.411. The van der Waals surface area contributed by atoms with Crippen LogP contribution in [0.15, 0.2) is 59.1 Å². The van der Waals surface area contributed by atoms with Crippen molar-refractivity contribution in [3.63, 3.8) is 0 Å². The normalized spacial score (nSPS) is 17.8. The second-order valence-corrected chi connectivity index (χ2v) is 9.33. The summed E-state index contributed by atoms with van der Waals surface area (Å²) in [6, 6.07) is 15.8. The zero-order valence-corrected chi connectivity index (χ0v) is 20.0. The van der Waals surface area contributed by atoms with Crippen molar-refractivity contribution in [2.45, 2.75) is 37.8 Å². The number of aromatic nitrogens is 3. The number of hydrogen-bond acceptors (Lipinski definition) is 6. The van der Waals surface area contributed by atoms with Gasteiger partial charge in [0.2, 0.25) is 5.82 Å². The Labute approximate surface area is 211 Å². The van der Waals surface area contributed by atoms with Crippen LogP contribution in [0.1, 0.15) is 46.9 Å². The second-order valence-electron chi connectivity index (χ2n) is 8.46. The van der Waals surface area contributed by atoms with E-state index in [-0.39, 0.29) is 23.9 Å². The number of benzene rings is 2. The van der Waals surface area contributed by atoms with Crippen LogP contribution in [0.5, 0.6) is 0 Å². The van der Waals surface area contributed by atoms with Crippen molar-refractivity contribution in [2.24, 2.45) is 0 Å². The van der Waals surface area contributed by atoms with E-state index in [1.807, 2.05) is 12.1 Å². The highest BCUT2D eigenvalue weighted by molar-refractivity contribution is 6.31. The Bertz CT molecular complexity index is 1380. The lowest BCUT2D eigenvalue weighted by molar-refractivity contribution is 0.0862. The van der Waals surface area contributed by atoms with Crippen molar-refractivity contribution in [1.29, 1.82) is 0 Å². The third-order valence-corrected chi connectivity index (χ3v) is 6.49. The predicted molar refractivity (Wildman–Crippen MR) is 132 cm³/mol. The van der Waals surface area contributed by atoms with Gasteiger partial charge in [0.15, 0.2) is 0 Å². The van der Waals surface area contributed by atoms with Crippen molar-refractivity contribution in [3.8, 4) is 11.4 Å². The monoisotopic (exact) mass is 509 g/mol. The van der Waals surface area contributed by atoms with Gasteiger partial charge in [-0.25, -0.2) is 4.98 Å². The number of fused-ring (bicyclic) bond motifs is 1.